The fraction of sp³-hybridized carbons (Fsp3) is 0.333. The van der Waals surface area contributed by atoms with Gasteiger partial charge in [-0.1, -0.05) is 36.5 Å². The molecule has 2 rings (SSSR count). The topological polar surface area (TPSA) is 28.5 Å². The maximum Gasteiger partial charge on any atom is 0.128 e. The third kappa shape index (κ3) is 5.56. The van der Waals surface area contributed by atoms with Crippen molar-refractivity contribution in [2.24, 2.45) is 4.99 Å². The van der Waals surface area contributed by atoms with Crippen LogP contribution in [0.1, 0.15) is 24.8 Å². The van der Waals surface area contributed by atoms with Crippen molar-refractivity contribution >= 4 is 39.3 Å². The summed E-state index contributed by atoms with van der Waals surface area (Å²) in [5, 5.41) is 0.449. The Labute approximate surface area is 147 Å². The number of nitrogens with zero attached hydrogens (tertiary/aromatic N) is 3. The van der Waals surface area contributed by atoms with Gasteiger partial charge in [-0.3, -0.25) is 4.99 Å². The fourth-order valence-electron chi connectivity index (χ4n) is 2.35. The minimum absolute atomic E-state index is 0.449. The summed E-state index contributed by atoms with van der Waals surface area (Å²) in [7, 11) is 1.65. The standard InChI is InChI=1S/C18H22ClN3S/c1-14(7-9-17(19)20-3)23-15(2)16-8-10-18(21-13-16)22-11-5-4-6-12-22/h7-10,13H,1-2,4-6,11-12H2,3H3/b9-7-,20-17+. The summed E-state index contributed by atoms with van der Waals surface area (Å²) < 4.78 is 0. The van der Waals surface area contributed by atoms with Crippen LogP contribution in [0.15, 0.2) is 53.5 Å². The van der Waals surface area contributed by atoms with Gasteiger partial charge in [0, 0.05) is 41.7 Å². The molecule has 23 heavy (non-hydrogen) atoms. The number of allylic oxidation sites excluding steroid dienone is 2. The molecule has 3 nitrogen and oxygen atoms in total. The van der Waals surface area contributed by atoms with E-state index < -0.39 is 0 Å². The van der Waals surface area contributed by atoms with Crippen LogP contribution in [-0.2, 0) is 0 Å². The Balaban J connectivity index is 1.94. The largest absolute Gasteiger partial charge is 0.357 e. The number of anilines is 1. The summed E-state index contributed by atoms with van der Waals surface area (Å²) in [5.41, 5.74) is 1.01. The summed E-state index contributed by atoms with van der Waals surface area (Å²) in [6.45, 7) is 10.3. The molecule has 1 aromatic rings. The van der Waals surface area contributed by atoms with Crippen molar-refractivity contribution in [3.63, 3.8) is 0 Å². The van der Waals surface area contributed by atoms with Crippen LogP contribution in [0.4, 0.5) is 5.82 Å². The molecule has 1 aliphatic heterocycles. The van der Waals surface area contributed by atoms with E-state index in [0.29, 0.717) is 5.17 Å². The Morgan fingerprint density at radius 3 is 2.61 bits per heavy atom. The minimum Gasteiger partial charge on any atom is -0.357 e. The van der Waals surface area contributed by atoms with E-state index in [2.05, 4.69) is 40.2 Å². The fourth-order valence-corrected chi connectivity index (χ4v) is 3.10. The van der Waals surface area contributed by atoms with Gasteiger partial charge in [0.2, 0.25) is 0 Å². The smallest absolute Gasteiger partial charge is 0.128 e. The quantitative estimate of drug-likeness (QED) is 0.528. The molecule has 5 heteroatoms. The van der Waals surface area contributed by atoms with E-state index >= 15 is 0 Å². The van der Waals surface area contributed by atoms with Crippen molar-refractivity contribution in [2.75, 3.05) is 25.0 Å². The first-order valence-corrected chi connectivity index (χ1v) is 8.87. The highest BCUT2D eigenvalue weighted by molar-refractivity contribution is 8.11. The first-order valence-electron chi connectivity index (χ1n) is 7.67. The third-order valence-corrected chi connectivity index (χ3v) is 4.80. The zero-order valence-corrected chi connectivity index (χ0v) is 15.0. The van der Waals surface area contributed by atoms with E-state index in [4.69, 9.17) is 11.6 Å². The molecule has 2 heterocycles. The molecule has 0 N–H and O–H groups in total. The first-order chi connectivity index (χ1) is 11.1. The highest BCUT2D eigenvalue weighted by Gasteiger charge is 2.12. The van der Waals surface area contributed by atoms with Crippen LogP contribution in [0.3, 0.4) is 0 Å². The predicted octanol–water partition coefficient (Wildman–Crippen LogP) is 5.11. The molecule has 1 aromatic heterocycles. The number of aromatic nitrogens is 1. The number of pyridine rings is 1. The molecule has 1 aliphatic rings. The van der Waals surface area contributed by atoms with Gasteiger partial charge < -0.3 is 4.90 Å². The second-order valence-electron chi connectivity index (χ2n) is 5.32. The van der Waals surface area contributed by atoms with Crippen molar-refractivity contribution in [2.45, 2.75) is 19.3 Å². The summed E-state index contributed by atoms with van der Waals surface area (Å²) in [4.78, 5) is 12.6. The van der Waals surface area contributed by atoms with Crippen LogP contribution >= 0.6 is 23.4 Å². The molecule has 0 spiro atoms. The van der Waals surface area contributed by atoms with Crippen molar-refractivity contribution in [1.82, 2.24) is 4.98 Å². The van der Waals surface area contributed by atoms with Crippen molar-refractivity contribution < 1.29 is 0 Å². The van der Waals surface area contributed by atoms with Gasteiger partial charge in [-0.2, -0.15) is 0 Å². The highest BCUT2D eigenvalue weighted by Crippen LogP contribution is 2.32. The van der Waals surface area contributed by atoms with Crippen LogP contribution in [0.5, 0.6) is 0 Å². The summed E-state index contributed by atoms with van der Waals surface area (Å²) in [5.74, 6) is 1.05. The Bertz CT molecular complexity index is 614. The molecule has 0 bridgehead atoms. The Morgan fingerprint density at radius 2 is 2.00 bits per heavy atom. The number of aliphatic imine (C=N–C) groups is 1. The second-order valence-corrected chi connectivity index (χ2v) is 6.93. The molecule has 1 saturated heterocycles. The van der Waals surface area contributed by atoms with Gasteiger partial charge in [-0.25, -0.2) is 4.98 Å². The number of hydrogen-bond acceptors (Lipinski definition) is 4. The van der Waals surface area contributed by atoms with Gasteiger partial charge in [0.05, 0.1) is 0 Å². The molecule has 0 saturated carbocycles. The monoisotopic (exact) mass is 347 g/mol. The van der Waals surface area contributed by atoms with Gasteiger partial charge in [0.1, 0.15) is 11.0 Å². The zero-order valence-electron chi connectivity index (χ0n) is 13.5. The molecular weight excluding hydrogens is 326 g/mol. The highest BCUT2D eigenvalue weighted by atomic mass is 35.5. The van der Waals surface area contributed by atoms with Gasteiger partial charge in [0.15, 0.2) is 0 Å². The molecule has 122 valence electrons. The number of rotatable bonds is 6. The second kappa shape index (κ2) is 8.94. The summed E-state index contributed by atoms with van der Waals surface area (Å²) in [6, 6.07) is 4.15. The van der Waals surface area contributed by atoms with Crippen LogP contribution < -0.4 is 4.90 Å². The number of hydrogen-bond donors (Lipinski definition) is 0. The average molecular weight is 348 g/mol. The molecular formula is C18H22ClN3S. The average Bonchev–Trinajstić information content (AvgIpc) is 2.60. The lowest BCUT2D eigenvalue weighted by atomic mass is 10.1. The first kappa shape index (κ1) is 17.8. The number of halogens is 1. The van der Waals surface area contributed by atoms with E-state index in [0.717, 1.165) is 34.3 Å². The van der Waals surface area contributed by atoms with Gasteiger partial charge >= 0.3 is 0 Å². The molecule has 0 aliphatic carbocycles. The molecule has 0 atom stereocenters. The van der Waals surface area contributed by atoms with Crippen LogP contribution in [-0.4, -0.2) is 30.3 Å². The number of piperidine rings is 1. The van der Waals surface area contributed by atoms with Gasteiger partial charge in [0.25, 0.3) is 0 Å². The molecule has 1 fully saturated rings. The SMILES string of the molecule is C=C(/C=C\C(Cl)=N/C)SC(=C)c1ccc(N2CCCCC2)nc1. The van der Waals surface area contributed by atoms with Crippen LogP contribution in [0, 0.1) is 0 Å². The third-order valence-electron chi connectivity index (χ3n) is 3.62. The summed E-state index contributed by atoms with van der Waals surface area (Å²) in [6.07, 6.45) is 9.27. The minimum atomic E-state index is 0.449. The lowest BCUT2D eigenvalue weighted by molar-refractivity contribution is 0.573. The Morgan fingerprint density at radius 1 is 1.26 bits per heavy atom. The van der Waals surface area contributed by atoms with Gasteiger partial charge in [-0.05, 0) is 43.5 Å². The van der Waals surface area contributed by atoms with Gasteiger partial charge in [-0.15, -0.1) is 0 Å². The van der Waals surface area contributed by atoms with E-state index in [1.54, 1.807) is 13.1 Å². The molecule has 0 unspecified atom stereocenters. The van der Waals surface area contributed by atoms with Crippen molar-refractivity contribution in [3.05, 3.63) is 54.1 Å². The Kier molecular flexibility index (Phi) is 6.93. The molecule has 0 amide bonds. The zero-order chi connectivity index (χ0) is 16.7. The lowest BCUT2D eigenvalue weighted by Crippen LogP contribution is -2.30. The van der Waals surface area contributed by atoms with Crippen LogP contribution in [0.25, 0.3) is 4.91 Å². The maximum absolute atomic E-state index is 5.83. The van der Waals surface area contributed by atoms with E-state index in [1.165, 1.54) is 31.0 Å². The molecule has 0 radical (unpaired) electrons. The van der Waals surface area contributed by atoms with E-state index in [-0.39, 0.29) is 0 Å². The summed E-state index contributed by atoms with van der Waals surface area (Å²) >= 11 is 7.33. The van der Waals surface area contributed by atoms with E-state index in [1.807, 2.05) is 12.3 Å². The number of thioether (sulfide) groups is 1. The van der Waals surface area contributed by atoms with E-state index in [9.17, 15) is 0 Å². The normalized spacial score (nSPS) is 15.9. The van der Waals surface area contributed by atoms with Crippen molar-refractivity contribution in [1.29, 1.82) is 0 Å². The maximum atomic E-state index is 5.83. The lowest BCUT2D eigenvalue weighted by Gasteiger charge is -2.27. The Hall–Kier alpha value is -1.52. The van der Waals surface area contributed by atoms with Crippen LogP contribution in [0.2, 0.25) is 0 Å². The predicted molar refractivity (Wildman–Crippen MR) is 104 cm³/mol. The molecule has 0 aromatic carbocycles. The van der Waals surface area contributed by atoms with Crippen molar-refractivity contribution in [3.8, 4) is 0 Å².